The number of fused-ring (bicyclic) bond motifs is 1. The van der Waals surface area contributed by atoms with Gasteiger partial charge in [0.2, 0.25) is 0 Å². The fourth-order valence-corrected chi connectivity index (χ4v) is 2.31. The number of nitrogens with one attached hydrogen (secondary N) is 3. The molecule has 14 heavy (non-hydrogen) atoms. The van der Waals surface area contributed by atoms with Crippen LogP contribution < -0.4 is 16.0 Å². The summed E-state index contributed by atoms with van der Waals surface area (Å²) >= 11 is 1.53. The molecule has 0 aromatic carbocycles. The molecule has 0 fully saturated rings. The molecule has 1 aliphatic rings. The number of amides is 2. The number of anilines is 1. The molecule has 2 rings (SSSR count). The fraction of sp³-hybridized carbons (Fsp3) is 0.500. The molecule has 0 spiro atoms. The first-order valence-electron chi connectivity index (χ1n) is 4.47. The van der Waals surface area contributed by atoms with Crippen LogP contribution >= 0.6 is 11.3 Å². The number of rotatable bonds is 1. The normalized spacial score (nSPS) is 14.6. The summed E-state index contributed by atoms with van der Waals surface area (Å²) in [6.07, 6.45) is 0.946. The molecule has 0 unspecified atom stereocenters. The van der Waals surface area contributed by atoms with Gasteiger partial charge in [0.05, 0.1) is 5.69 Å². The van der Waals surface area contributed by atoms with Crippen LogP contribution in [0.5, 0.6) is 0 Å². The van der Waals surface area contributed by atoms with Gasteiger partial charge in [-0.25, -0.2) is 9.78 Å². The lowest BCUT2D eigenvalue weighted by Crippen LogP contribution is -2.24. The van der Waals surface area contributed by atoms with Crippen LogP contribution in [0.25, 0.3) is 0 Å². The summed E-state index contributed by atoms with van der Waals surface area (Å²) in [5, 5.41) is 9.12. The van der Waals surface area contributed by atoms with Crippen LogP contribution in [0.3, 0.4) is 0 Å². The zero-order valence-corrected chi connectivity index (χ0v) is 8.70. The number of hydrogen-bond acceptors (Lipinski definition) is 4. The van der Waals surface area contributed by atoms with Gasteiger partial charge in [-0.1, -0.05) is 0 Å². The molecule has 2 amide bonds. The van der Waals surface area contributed by atoms with Gasteiger partial charge in [0, 0.05) is 31.4 Å². The molecule has 2 heterocycles. The SMILES string of the molecule is CNC(=O)Nc1nc2c(s1)CNCC2. The Hall–Kier alpha value is -1.14. The van der Waals surface area contributed by atoms with Gasteiger partial charge in [-0.05, 0) is 0 Å². The molecular formula is C8H12N4OS. The summed E-state index contributed by atoms with van der Waals surface area (Å²) < 4.78 is 0. The lowest BCUT2D eigenvalue weighted by molar-refractivity contribution is 0.254. The van der Waals surface area contributed by atoms with Crippen LogP contribution in [0.2, 0.25) is 0 Å². The van der Waals surface area contributed by atoms with Crippen LogP contribution in [0, 0.1) is 0 Å². The van der Waals surface area contributed by atoms with Crippen LogP contribution in [0.15, 0.2) is 0 Å². The van der Waals surface area contributed by atoms with E-state index < -0.39 is 0 Å². The summed E-state index contributed by atoms with van der Waals surface area (Å²) in [4.78, 5) is 16.6. The standard InChI is InChI=1S/C8H12N4OS/c1-9-7(13)12-8-11-5-2-3-10-4-6(5)14-8/h10H,2-4H2,1H3,(H2,9,11,12,13). The van der Waals surface area contributed by atoms with Gasteiger partial charge in [-0.2, -0.15) is 0 Å². The Morgan fingerprint density at radius 3 is 3.21 bits per heavy atom. The second kappa shape index (κ2) is 3.93. The Kier molecular flexibility index (Phi) is 2.64. The summed E-state index contributed by atoms with van der Waals surface area (Å²) in [6.45, 7) is 1.83. The molecule has 76 valence electrons. The quantitative estimate of drug-likeness (QED) is 0.636. The molecular weight excluding hydrogens is 200 g/mol. The van der Waals surface area contributed by atoms with Crippen molar-refractivity contribution in [3.63, 3.8) is 0 Å². The van der Waals surface area contributed by atoms with Crippen LogP contribution in [-0.2, 0) is 13.0 Å². The maximum absolute atomic E-state index is 11.0. The number of carbonyl (C=O) groups is 1. The van der Waals surface area contributed by atoms with E-state index in [9.17, 15) is 4.79 Å². The maximum Gasteiger partial charge on any atom is 0.320 e. The molecule has 5 nitrogen and oxygen atoms in total. The average molecular weight is 212 g/mol. The Bertz CT molecular complexity index is 326. The zero-order valence-electron chi connectivity index (χ0n) is 7.89. The van der Waals surface area contributed by atoms with E-state index in [1.165, 1.54) is 16.2 Å². The number of thiazole rings is 1. The third-order valence-electron chi connectivity index (χ3n) is 2.05. The Morgan fingerprint density at radius 1 is 1.64 bits per heavy atom. The van der Waals surface area contributed by atoms with Crippen LogP contribution in [0.1, 0.15) is 10.6 Å². The topological polar surface area (TPSA) is 66.0 Å². The number of aromatic nitrogens is 1. The molecule has 6 heteroatoms. The molecule has 0 saturated carbocycles. The zero-order chi connectivity index (χ0) is 9.97. The van der Waals surface area contributed by atoms with E-state index in [2.05, 4.69) is 20.9 Å². The van der Waals surface area contributed by atoms with Crippen molar-refractivity contribution in [2.24, 2.45) is 0 Å². The van der Waals surface area contributed by atoms with E-state index in [0.717, 1.165) is 25.2 Å². The van der Waals surface area contributed by atoms with Crippen molar-refractivity contribution in [1.29, 1.82) is 0 Å². The molecule has 0 saturated heterocycles. The van der Waals surface area contributed by atoms with Crippen LogP contribution in [-0.4, -0.2) is 24.6 Å². The number of hydrogen-bond donors (Lipinski definition) is 3. The van der Waals surface area contributed by atoms with Crippen LogP contribution in [0.4, 0.5) is 9.93 Å². The largest absolute Gasteiger partial charge is 0.341 e. The molecule has 0 radical (unpaired) electrons. The van der Waals surface area contributed by atoms with Crippen molar-refractivity contribution in [2.45, 2.75) is 13.0 Å². The minimum atomic E-state index is -0.218. The van der Waals surface area contributed by atoms with Gasteiger partial charge in [-0.15, -0.1) is 11.3 Å². The first kappa shape index (κ1) is 9.42. The lowest BCUT2D eigenvalue weighted by atomic mass is 10.2. The van der Waals surface area contributed by atoms with Crippen molar-refractivity contribution in [1.82, 2.24) is 15.6 Å². The van der Waals surface area contributed by atoms with Crippen molar-refractivity contribution in [3.05, 3.63) is 10.6 Å². The van der Waals surface area contributed by atoms with Gasteiger partial charge < -0.3 is 10.6 Å². The molecule has 1 aromatic heterocycles. The summed E-state index contributed by atoms with van der Waals surface area (Å²) in [5.74, 6) is 0. The highest BCUT2D eigenvalue weighted by Crippen LogP contribution is 2.24. The number of carbonyl (C=O) groups excluding carboxylic acids is 1. The third kappa shape index (κ3) is 1.85. The first-order valence-corrected chi connectivity index (χ1v) is 5.29. The van der Waals surface area contributed by atoms with E-state index in [-0.39, 0.29) is 6.03 Å². The van der Waals surface area contributed by atoms with Crippen molar-refractivity contribution < 1.29 is 4.79 Å². The molecule has 0 atom stereocenters. The first-order chi connectivity index (χ1) is 6.79. The summed E-state index contributed by atoms with van der Waals surface area (Å²) in [6, 6.07) is -0.218. The Morgan fingerprint density at radius 2 is 2.50 bits per heavy atom. The lowest BCUT2D eigenvalue weighted by Gasteiger charge is -2.09. The molecule has 0 aliphatic carbocycles. The van der Waals surface area contributed by atoms with E-state index in [1.54, 1.807) is 7.05 Å². The van der Waals surface area contributed by atoms with Gasteiger partial charge in [0.15, 0.2) is 5.13 Å². The predicted octanol–water partition coefficient (Wildman–Crippen LogP) is 0.540. The Labute approximate surface area is 85.9 Å². The highest BCUT2D eigenvalue weighted by molar-refractivity contribution is 7.15. The van der Waals surface area contributed by atoms with Crippen molar-refractivity contribution in [2.75, 3.05) is 18.9 Å². The average Bonchev–Trinajstić information content (AvgIpc) is 2.59. The minimum absolute atomic E-state index is 0.218. The van der Waals surface area contributed by atoms with Gasteiger partial charge in [0.1, 0.15) is 0 Å². The van der Waals surface area contributed by atoms with E-state index >= 15 is 0 Å². The highest BCUT2D eigenvalue weighted by Gasteiger charge is 2.15. The van der Waals surface area contributed by atoms with Gasteiger partial charge >= 0.3 is 6.03 Å². The van der Waals surface area contributed by atoms with E-state index in [4.69, 9.17) is 0 Å². The molecule has 1 aliphatic heterocycles. The van der Waals surface area contributed by atoms with Gasteiger partial charge in [0.25, 0.3) is 0 Å². The van der Waals surface area contributed by atoms with E-state index in [0.29, 0.717) is 5.13 Å². The maximum atomic E-state index is 11.0. The second-order valence-electron chi connectivity index (χ2n) is 3.02. The Balaban J connectivity index is 2.12. The van der Waals surface area contributed by atoms with E-state index in [1.807, 2.05) is 0 Å². The highest BCUT2D eigenvalue weighted by atomic mass is 32.1. The predicted molar refractivity (Wildman–Crippen MR) is 55.6 cm³/mol. The number of nitrogens with zero attached hydrogens (tertiary/aromatic N) is 1. The molecule has 0 bridgehead atoms. The molecule has 1 aromatic rings. The molecule has 3 N–H and O–H groups in total. The number of urea groups is 1. The monoisotopic (exact) mass is 212 g/mol. The summed E-state index contributed by atoms with van der Waals surface area (Å²) in [7, 11) is 1.59. The second-order valence-corrected chi connectivity index (χ2v) is 4.10. The van der Waals surface area contributed by atoms with Crippen molar-refractivity contribution in [3.8, 4) is 0 Å². The third-order valence-corrected chi connectivity index (χ3v) is 3.06. The van der Waals surface area contributed by atoms with Crippen molar-refractivity contribution >= 4 is 22.5 Å². The minimum Gasteiger partial charge on any atom is -0.341 e. The summed E-state index contributed by atoms with van der Waals surface area (Å²) in [5.41, 5.74) is 1.11. The smallest absolute Gasteiger partial charge is 0.320 e. The van der Waals surface area contributed by atoms with Gasteiger partial charge in [-0.3, -0.25) is 5.32 Å². The fourth-order valence-electron chi connectivity index (χ4n) is 1.34.